The van der Waals surface area contributed by atoms with Crippen molar-refractivity contribution in [1.82, 2.24) is 5.32 Å². The Morgan fingerprint density at radius 2 is 2.36 bits per heavy atom. The largest absolute Gasteiger partial charge is 0.384 e. The molecule has 0 saturated carbocycles. The molecule has 0 spiro atoms. The Bertz CT molecular complexity index is 101. The molecule has 0 unspecified atom stereocenters. The minimum absolute atomic E-state index is 0. The maximum atomic E-state index is 10.6. The second-order valence-corrected chi connectivity index (χ2v) is 1.81. The van der Waals surface area contributed by atoms with Gasteiger partial charge in [-0.1, -0.05) is 6.92 Å². The van der Waals surface area contributed by atoms with Crippen molar-refractivity contribution in [1.29, 1.82) is 0 Å². The maximum Gasteiger partial charge on any atom is 0.245 e. The van der Waals surface area contributed by atoms with E-state index in [1.807, 2.05) is 13.3 Å². The molecular weight excluding hydrogens is 221 g/mol. The fourth-order valence-electron chi connectivity index (χ4n) is 0.457. The molecule has 0 bridgehead atoms. The van der Waals surface area contributed by atoms with Crippen LogP contribution in [0.15, 0.2) is 0 Å². The zero-order valence-corrected chi connectivity index (χ0v) is 9.51. The number of carbonyl (C=O) groups is 1. The van der Waals surface area contributed by atoms with Crippen molar-refractivity contribution in [3.63, 3.8) is 0 Å². The summed E-state index contributed by atoms with van der Waals surface area (Å²) in [5.74, 6) is 4.47. The zero-order valence-electron chi connectivity index (χ0n) is 6.67. The van der Waals surface area contributed by atoms with Crippen molar-refractivity contribution in [2.24, 2.45) is 5.90 Å². The summed E-state index contributed by atoms with van der Waals surface area (Å²) in [6.45, 7) is 2.52. The molecule has 0 fully saturated rings. The third kappa shape index (κ3) is 10.5. The van der Waals surface area contributed by atoms with Crippen molar-refractivity contribution in [3.05, 3.63) is 6.42 Å². The first kappa shape index (κ1) is 14.0. The Balaban J connectivity index is 0. The van der Waals surface area contributed by atoms with Crippen molar-refractivity contribution in [2.45, 2.75) is 13.3 Å². The van der Waals surface area contributed by atoms with Gasteiger partial charge in [-0.3, -0.25) is 9.63 Å². The summed E-state index contributed by atoms with van der Waals surface area (Å²) in [7, 11) is 0. The Kier molecular flexibility index (Phi) is 13.4. The molecule has 5 heteroatoms. The van der Waals surface area contributed by atoms with Crippen LogP contribution in [0.1, 0.15) is 13.3 Å². The minimum atomic E-state index is -0.188. The van der Waals surface area contributed by atoms with Crippen molar-refractivity contribution < 1.29 is 42.3 Å². The summed E-state index contributed by atoms with van der Waals surface area (Å²) in [5, 5.41) is 2.58. The van der Waals surface area contributed by atoms with Crippen LogP contribution in [-0.2, 0) is 42.3 Å². The van der Waals surface area contributed by atoms with E-state index in [0.29, 0.717) is 6.54 Å². The van der Waals surface area contributed by atoms with Crippen molar-refractivity contribution >= 4 is 5.91 Å². The molecule has 1 radical (unpaired) electrons. The van der Waals surface area contributed by atoms with Gasteiger partial charge in [-0.2, -0.15) is 6.42 Å². The van der Waals surface area contributed by atoms with E-state index in [4.69, 9.17) is 0 Å². The molecular formula is C6H13N2O2Y-. The Morgan fingerprint density at radius 3 is 2.82 bits per heavy atom. The van der Waals surface area contributed by atoms with Crippen LogP contribution in [0.3, 0.4) is 0 Å². The molecule has 63 valence electrons. The predicted octanol–water partition coefficient (Wildman–Crippen LogP) is -0.395. The van der Waals surface area contributed by atoms with E-state index >= 15 is 0 Å². The summed E-state index contributed by atoms with van der Waals surface area (Å²) in [6, 6.07) is 0. The first-order valence-corrected chi connectivity index (χ1v) is 3.21. The van der Waals surface area contributed by atoms with Gasteiger partial charge in [-0.05, 0) is 0 Å². The topological polar surface area (TPSA) is 64.3 Å². The van der Waals surface area contributed by atoms with Crippen LogP contribution in [0.4, 0.5) is 0 Å². The third-order valence-corrected chi connectivity index (χ3v) is 0.947. The molecule has 4 nitrogen and oxygen atoms in total. The zero-order chi connectivity index (χ0) is 7.82. The fraction of sp³-hybridized carbons (Fsp3) is 0.667. The summed E-state index contributed by atoms with van der Waals surface area (Å²) in [4.78, 5) is 14.7. The number of hydrogen-bond donors (Lipinski definition) is 2. The molecule has 0 aromatic heterocycles. The molecule has 3 N–H and O–H groups in total. The molecule has 0 saturated heterocycles. The molecule has 0 aromatic carbocycles. The van der Waals surface area contributed by atoms with Gasteiger partial charge in [0.2, 0.25) is 5.91 Å². The number of unbranched alkanes of at least 4 members (excludes halogenated alkanes) is 1. The van der Waals surface area contributed by atoms with Crippen molar-refractivity contribution in [3.8, 4) is 0 Å². The molecule has 11 heavy (non-hydrogen) atoms. The Hall–Kier alpha value is 0.494. The first-order valence-electron chi connectivity index (χ1n) is 3.21. The maximum absolute atomic E-state index is 10.6. The van der Waals surface area contributed by atoms with Crippen LogP contribution in [-0.4, -0.2) is 19.1 Å². The van der Waals surface area contributed by atoms with Gasteiger partial charge in [0.05, 0.1) is 0 Å². The smallest absolute Gasteiger partial charge is 0.245 e. The van der Waals surface area contributed by atoms with E-state index in [9.17, 15) is 4.79 Å². The van der Waals surface area contributed by atoms with Gasteiger partial charge in [-0.15, -0.1) is 6.54 Å². The van der Waals surface area contributed by atoms with Gasteiger partial charge < -0.3 is 11.7 Å². The van der Waals surface area contributed by atoms with Crippen molar-refractivity contribution in [2.75, 3.05) is 13.2 Å². The number of nitrogens with one attached hydrogen (secondary N) is 1. The SMILES string of the molecule is CC[CH-]CNC(=O)CON.[Y]. The van der Waals surface area contributed by atoms with Crippen LogP contribution >= 0.6 is 0 Å². The molecule has 0 aromatic rings. The van der Waals surface area contributed by atoms with E-state index < -0.39 is 0 Å². The molecule has 0 rings (SSSR count). The average Bonchev–Trinajstić information content (AvgIpc) is 1.89. The summed E-state index contributed by atoms with van der Waals surface area (Å²) >= 11 is 0. The average molecular weight is 234 g/mol. The predicted molar refractivity (Wildman–Crippen MR) is 37.7 cm³/mol. The number of rotatable bonds is 5. The van der Waals surface area contributed by atoms with Crippen LogP contribution in [0.25, 0.3) is 0 Å². The quantitative estimate of drug-likeness (QED) is 0.386. The van der Waals surface area contributed by atoms with E-state index in [1.165, 1.54) is 0 Å². The van der Waals surface area contributed by atoms with E-state index in [1.54, 1.807) is 0 Å². The number of carbonyl (C=O) groups excluding carboxylic acids is 1. The van der Waals surface area contributed by atoms with Gasteiger partial charge in [-0.25, -0.2) is 5.90 Å². The molecule has 0 aliphatic rings. The third-order valence-electron chi connectivity index (χ3n) is 0.947. The number of hydrogen-bond acceptors (Lipinski definition) is 3. The monoisotopic (exact) mass is 234 g/mol. The van der Waals surface area contributed by atoms with Gasteiger partial charge in [0, 0.05) is 32.7 Å². The molecule has 0 atom stereocenters. The standard InChI is InChI=1S/C6H13N2O2.Y/c1-2-3-4-8-6(9)5-10-7;/h3H,2,4-5,7H2,1H3,(H,8,9);/q-1;. The van der Waals surface area contributed by atoms with E-state index in [0.717, 1.165) is 6.42 Å². The van der Waals surface area contributed by atoms with Crippen LogP contribution < -0.4 is 11.2 Å². The summed E-state index contributed by atoms with van der Waals surface area (Å²) in [5.41, 5.74) is 0. The summed E-state index contributed by atoms with van der Waals surface area (Å²) < 4.78 is 0. The van der Waals surface area contributed by atoms with Gasteiger partial charge in [0.1, 0.15) is 6.61 Å². The van der Waals surface area contributed by atoms with Crippen LogP contribution in [0.5, 0.6) is 0 Å². The van der Waals surface area contributed by atoms with Crippen LogP contribution in [0.2, 0.25) is 0 Å². The van der Waals surface area contributed by atoms with Gasteiger partial charge >= 0.3 is 0 Å². The molecule has 0 heterocycles. The molecule has 0 aliphatic heterocycles. The van der Waals surface area contributed by atoms with E-state index in [2.05, 4.69) is 16.1 Å². The number of nitrogens with two attached hydrogens (primary N) is 1. The van der Waals surface area contributed by atoms with E-state index in [-0.39, 0.29) is 45.2 Å². The number of amides is 1. The second kappa shape index (κ2) is 10.5. The van der Waals surface area contributed by atoms with Gasteiger partial charge in [0.15, 0.2) is 0 Å². The Morgan fingerprint density at radius 1 is 1.73 bits per heavy atom. The Labute approximate surface area is 92.1 Å². The molecule has 0 aliphatic carbocycles. The summed E-state index contributed by atoms with van der Waals surface area (Å²) in [6.07, 6.45) is 2.90. The minimum Gasteiger partial charge on any atom is -0.384 e. The first-order chi connectivity index (χ1) is 4.81. The van der Waals surface area contributed by atoms with Gasteiger partial charge in [0.25, 0.3) is 0 Å². The molecule has 1 amide bonds. The second-order valence-electron chi connectivity index (χ2n) is 1.81. The normalized spacial score (nSPS) is 8.55. The fourth-order valence-corrected chi connectivity index (χ4v) is 0.457. The van der Waals surface area contributed by atoms with Crippen LogP contribution in [0, 0.1) is 6.42 Å².